The molecular formula is C19H22N8. The largest absolute Gasteiger partial charge is 0.382 e. The van der Waals surface area contributed by atoms with Gasteiger partial charge in [-0.15, -0.1) is 0 Å². The Morgan fingerprint density at radius 3 is 2.67 bits per heavy atom. The highest BCUT2D eigenvalue weighted by Gasteiger charge is 2.13. The third kappa shape index (κ3) is 3.14. The predicted octanol–water partition coefficient (Wildman–Crippen LogP) is 2.68. The number of imidazole rings is 1. The van der Waals surface area contributed by atoms with Crippen LogP contribution >= 0.6 is 0 Å². The minimum atomic E-state index is 0.337. The molecule has 0 atom stereocenters. The van der Waals surface area contributed by atoms with Gasteiger partial charge in [0.25, 0.3) is 0 Å². The van der Waals surface area contributed by atoms with Crippen LogP contribution in [-0.2, 0) is 13.5 Å². The van der Waals surface area contributed by atoms with Crippen molar-refractivity contribution in [1.82, 2.24) is 34.3 Å². The highest BCUT2D eigenvalue weighted by atomic mass is 15.3. The number of nitrogens with two attached hydrogens (primary N) is 1. The molecule has 4 rings (SSSR count). The Labute approximate surface area is 157 Å². The second kappa shape index (κ2) is 6.46. The van der Waals surface area contributed by atoms with E-state index in [-0.39, 0.29) is 0 Å². The van der Waals surface area contributed by atoms with Gasteiger partial charge in [-0.05, 0) is 32.9 Å². The first-order chi connectivity index (χ1) is 12.9. The number of rotatable bonds is 4. The zero-order chi connectivity index (χ0) is 19.1. The molecule has 0 aliphatic carbocycles. The number of nitrogen functional groups attached to an aromatic ring is 1. The van der Waals surface area contributed by atoms with Crippen molar-refractivity contribution < 1.29 is 0 Å². The van der Waals surface area contributed by atoms with Gasteiger partial charge in [0.1, 0.15) is 11.3 Å². The van der Waals surface area contributed by atoms with E-state index in [4.69, 9.17) is 5.73 Å². The molecule has 0 aliphatic rings. The number of fused-ring (bicyclic) bond motifs is 1. The van der Waals surface area contributed by atoms with E-state index in [1.54, 1.807) is 10.9 Å². The number of nitrogens with zero attached hydrogens (tertiary/aromatic N) is 7. The lowest BCUT2D eigenvalue weighted by Crippen LogP contribution is -2.03. The molecule has 0 aliphatic heterocycles. The molecule has 0 spiro atoms. The minimum absolute atomic E-state index is 0.337. The van der Waals surface area contributed by atoms with Gasteiger partial charge in [-0.2, -0.15) is 5.10 Å². The van der Waals surface area contributed by atoms with Gasteiger partial charge in [0.05, 0.1) is 23.0 Å². The quantitative estimate of drug-likeness (QED) is 0.599. The average molecular weight is 362 g/mol. The van der Waals surface area contributed by atoms with Crippen LogP contribution in [0, 0.1) is 6.92 Å². The summed E-state index contributed by atoms with van der Waals surface area (Å²) >= 11 is 0. The predicted molar refractivity (Wildman–Crippen MR) is 104 cm³/mol. The molecule has 2 N–H and O–H groups in total. The van der Waals surface area contributed by atoms with Crippen LogP contribution in [0.4, 0.5) is 5.82 Å². The van der Waals surface area contributed by atoms with E-state index >= 15 is 0 Å². The van der Waals surface area contributed by atoms with Crippen molar-refractivity contribution in [3.63, 3.8) is 0 Å². The molecule has 8 nitrogen and oxygen atoms in total. The molecule has 4 aromatic heterocycles. The minimum Gasteiger partial charge on any atom is -0.382 e. The molecule has 8 heteroatoms. The second-order valence-corrected chi connectivity index (χ2v) is 6.94. The van der Waals surface area contributed by atoms with Crippen molar-refractivity contribution in [1.29, 1.82) is 0 Å². The van der Waals surface area contributed by atoms with Crippen molar-refractivity contribution in [3.05, 3.63) is 47.9 Å². The first-order valence-corrected chi connectivity index (χ1v) is 8.87. The summed E-state index contributed by atoms with van der Waals surface area (Å²) in [6.45, 7) is 6.33. The first kappa shape index (κ1) is 17.1. The number of hydrogen-bond donors (Lipinski definition) is 1. The number of aromatic nitrogens is 7. The van der Waals surface area contributed by atoms with Gasteiger partial charge in [-0.1, -0.05) is 0 Å². The molecule has 0 bridgehead atoms. The topological polar surface area (TPSA) is 100 Å². The lowest BCUT2D eigenvalue weighted by Gasteiger charge is -2.11. The van der Waals surface area contributed by atoms with Gasteiger partial charge in [0, 0.05) is 37.6 Å². The van der Waals surface area contributed by atoms with Gasteiger partial charge in [-0.3, -0.25) is 9.67 Å². The average Bonchev–Trinajstić information content (AvgIpc) is 3.12. The van der Waals surface area contributed by atoms with Crippen LogP contribution in [0.1, 0.15) is 37.1 Å². The Kier molecular flexibility index (Phi) is 4.10. The molecule has 0 fully saturated rings. The molecule has 4 heterocycles. The molecule has 0 amide bonds. The summed E-state index contributed by atoms with van der Waals surface area (Å²) in [4.78, 5) is 18.1. The Morgan fingerprint density at radius 2 is 1.96 bits per heavy atom. The summed E-state index contributed by atoms with van der Waals surface area (Å²) in [5, 5.41) is 4.16. The van der Waals surface area contributed by atoms with Crippen molar-refractivity contribution in [2.45, 2.75) is 33.2 Å². The summed E-state index contributed by atoms with van der Waals surface area (Å²) < 4.78 is 3.88. The number of pyridine rings is 1. The van der Waals surface area contributed by atoms with Gasteiger partial charge in [0.2, 0.25) is 0 Å². The van der Waals surface area contributed by atoms with Crippen LogP contribution in [0.25, 0.3) is 22.4 Å². The van der Waals surface area contributed by atoms with Crippen molar-refractivity contribution in [2.75, 3.05) is 5.73 Å². The summed E-state index contributed by atoms with van der Waals surface area (Å²) in [5.74, 6) is 1.99. The highest BCUT2D eigenvalue weighted by molar-refractivity contribution is 5.75. The standard InChI is InChI=1S/C19H22N8/c1-11(2)27-12(3)23-16-9-22-14(8-17(16)27)7-13-5-6-21-19(24-13)15-10-26(4)25-18(15)20/h5-6,8-11H,7H2,1-4H3,(H2,20,25). The monoisotopic (exact) mass is 362 g/mol. The van der Waals surface area contributed by atoms with Gasteiger partial charge < -0.3 is 10.3 Å². The summed E-state index contributed by atoms with van der Waals surface area (Å²) in [6.07, 6.45) is 6.00. The normalized spacial score (nSPS) is 11.6. The van der Waals surface area contributed by atoms with E-state index in [1.165, 1.54) is 0 Å². The highest BCUT2D eigenvalue weighted by Crippen LogP contribution is 2.23. The maximum absolute atomic E-state index is 5.95. The van der Waals surface area contributed by atoms with E-state index < -0.39 is 0 Å². The smallest absolute Gasteiger partial charge is 0.164 e. The Bertz CT molecular complexity index is 1120. The molecule has 4 aromatic rings. The lowest BCUT2D eigenvalue weighted by molar-refractivity contribution is 0.600. The second-order valence-electron chi connectivity index (χ2n) is 6.94. The van der Waals surface area contributed by atoms with Crippen LogP contribution in [0.3, 0.4) is 0 Å². The Morgan fingerprint density at radius 1 is 1.15 bits per heavy atom. The summed E-state index contributed by atoms with van der Waals surface area (Å²) in [7, 11) is 1.82. The molecule has 0 radical (unpaired) electrons. The Balaban J connectivity index is 1.69. The number of hydrogen-bond acceptors (Lipinski definition) is 6. The van der Waals surface area contributed by atoms with E-state index in [0.717, 1.165) is 33.8 Å². The SMILES string of the molecule is Cc1nc2cnc(Cc3ccnc(-c4cn(C)nc4N)n3)cc2n1C(C)C. The van der Waals surface area contributed by atoms with Gasteiger partial charge >= 0.3 is 0 Å². The lowest BCUT2D eigenvalue weighted by atomic mass is 10.2. The fourth-order valence-electron chi connectivity index (χ4n) is 3.40. The van der Waals surface area contributed by atoms with Crippen LogP contribution in [-0.4, -0.2) is 34.3 Å². The van der Waals surface area contributed by atoms with Crippen LogP contribution < -0.4 is 5.73 Å². The number of aryl methyl sites for hydroxylation is 2. The third-order valence-electron chi connectivity index (χ3n) is 4.50. The summed E-state index contributed by atoms with van der Waals surface area (Å²) in [6, 6.07) is 4.33. The van der Waals surface area contributed by atoms with Gasteiger partial charge in [-0.25, -0.2) is 15.0 Å². The zero-order valence-electron chi connectivity index (χ0n) is 15.9. The van der Waals surface area contributed by atoms with Crippen molar-refractivity contribution >= 4 is 16.9 Å². The third-order valence-corrected chi connectivity index (χ3v) is 4.50. The molecule has 138 valence electrons. The number of anilines is 1. The molecule has 0 saturated carbocycles. The maximum Gasteiger partial charge on any atom is 0.164 e. The van der Waals surface area contributed by atoms with Crippen LogP contribution in [0.5, 0.6) is 0 Å². The van der Waals surface area contributed by atoms with Crippen molar-refractivity contribution in [2.24, 2.45) is 7.05 Å². The molecule has 0 unspecified atom stereocenters. The molecule has 0 aromatic carbocycles. The van der Waals surface area contributed by atoms with Crippen LogP contribution in [0.2, 0.25) is 0 Å². The Hall–Kier alpha value is -3.29. The molecule has 27 heavy (non-hydrogen) atoms. The van der Waals surface area contributed by atoms with E-state index in [0.29, 0.717) is 24.1 Å². The first-order valence-electron chi connectivity index (χ1n) is 8.87. The fourth-order valence-corrected chi connectivity index (χ4v) is 3.40. The fraction of sp³-hybridized carbons (Fsp3) is 0.316. The molecular weight excluding hydrogens is 340 g/mol. The van der Waals surface area contributed by atoms with Crippen molar-refractivity contribution in [3.8, 4) is 11.4 Å². The molecule has 0 saturated heterocycles. The van der Waals surface area contributed by atoms with Crippen LogP contribution in [0.15, 0.2) is 30.7 Å². The maximum atomic E-state index is 5.95. The van der Waals surface area contributed by atoms with Gasteiger partial charge in [0.15, 0.2) is 11.6 Å². The van der Waals surface area contributed by atoms with E-state index in [9.17, 15) is 0 Å². The summed E-state index contributed by atoms with van der Waals surface area (Å²) in [5.41, 5.74) is 10.5. The zero-order valence-corrected chi connectivity index (χ0v) is 15.9. The van der Waals surface area contributed by atoms with E-state index in [1.807, 2.05) is 32.4 Å². The van der Waals surface area contributed by atoms with E-state index in [2.05, 4.69) is 49.5 Å².